The lowest BCUT2D eigenvalue weighted by Gasteiger charge is -2.59. The first-order valence-electron chi connectivity index (χ1n) is 13.2. The Bertz CT molecular complexity index is 1240. The van der Waals surface area contributed by atoms with Crippen LogP contribution < -0.4 is 5.32 Å². The third kappa shape index (κ3) is 12.3. The highest BCUT2D eigenvalue weighted by Gasteiger charge is 2.54. The molecule has 2 saturated carbocycles. The number of carboxylic acid groups (broad SMARTS) is 2. The van der Waals surface area contributed by atoms with Crippen molar-refractivity contribution in [3.8, 4) is 0 Å². The molecule has 1 aromatic rings. The molecular weight excluding hydrogens is 610 g/mol. The number of carbonyl (C=O) groups excluding carboxylic acids is 1. The molecule has 3 aliphatic rings. The van der Waals surface area contributed by atoms with Crippen LogP contribution in [0.3, 0.4) is 0 Å². The summed E-state index contributed by atoms with van der Waals surface area (Å²) < 4.78 is 85.9. The zero-order valence-electron chi connectivity index (χ0n) is 23.4. The number of carboxylic acids is 2. The van der Waals surface area contributed by atoms with Gasteiger partial charge in [0.05, 0.1) is 6.54 Å². The van der Waals surface area contributed by atoms with Gasteiger partial charge in [-0.25, -0.2) is 18.0 Å². The second-order valence-corrected chi connectivity index (χ2v) is 13.2. The van der Waals surface area contributed by atoms with E-state index < -0.39 is 34.1 Å². The molecular formula is C27H34F6N2O7S. The Hall–Kier alpha value is -2.98. The van der Waals surface area contributed by atoms with Crippen molar-refractivity contribution in [2.75, 3.05) is 31.6 Å². The first kappa shape index (κ1) is 36.2. The first-order valence-corrected chi connectivity index (χ1v) is 15.2. The molecule has 2 aliphatic carbocycles. The van der Waals surface area contributed by atoms with Crippen molar-refractivity contribution < 1.29 is 59.4 Å². The molecule has 1 spiro atoms. The summed E-state index contributed by atoms with van der Waals surface area (Å²) in [6.45, 7) is 4.39. The van der Waals surface area contributed by atoms with Crippen molar-refractivity contribution in [2.45, 2.75) is 57.0 Å². The standard InChI is InChI=1S/C23H32N2O3S.2C2HF3O2/c1-3-18(9-17-7-5-4-6-8-17)21-10-22(21)24-19-11-23(12-19)15-25(16-23)13-20(26)14-29(2,27)28;2*3-2(4,5)1(6)7/h4-9,19,21-22,24H,3,10-16H2,1-2H3;2*(H,6,7)/b18-9+;;/t21-,22+;;/m1../s1. The Morgan fingerprint density at radius 3 is 1.91 bits per heavy atom. The number of sulfone groups is 1. The topological polar surface area (TPSA) is 141 Å². The normalized spacial score (nSPS) is 21.7. The average molecular weight is 645 g/mol. The third-order valence-corrected chi connectivity index (χ3v) is 7.91. The van der Waals surface area contributed by atoms with Crippen LogP contribution in [0.25, 0.3) is 6.08 Å². The van der Waals surface area contributed by atoms with Gasteiger partial charge >= 0.3 is 24.3 Å². The predicted octanol–water partition coefficient (Wildman–Crippen LogP) is 3.80. The molecule has 0 unspecified atom stereocenters. The van der Waals surface area contributed by atoms with Gasteiger partial charge in [-0.15, -0.1) is 0 Å². The molecule has 3 fully saturated rings. The number of likely N-dealkylation sites (tertiary alicyclic amines) is 1. The van der Waals surface area contributed by atoms with Gasteiger partial charge in [0, 0.05) is 31.4 Å². The number of halogens is 6. The molecule has 4 rings (SSSR count). The van der Waals surface area contributed by atoms with Gasteiger partial charge in [-0.3, -0.25) is 9.69 Å². The van der Waals surface area contributed by atoms with E-state index in [9.17, 15) is 39.6 Å². The molecule has 242 valence electrons. The lowest BCUT2D eigenvalue weighted by Crippen LogP contribution is -2.66. The van der Waals surface area contributed by atoms with E-state index in [0.29, 0.717) is 23.4 Å². The number of benzene rings is 1. The largest absolute Gasteiger partial charge is 0.490 e. The van der Waals surface area contributed by atoms with E-state index in [0.717, 1.165) is 25.8 Å². The van der Waals surface area contributed by atoms with Crippen molar-refractivity contribution >= 4 is 33.6 Å². The summed E-state index contributed by atoms with van der Waals surface area (Å²) >= 11 is 0. The Kier molecular flexibility index (Phi) is 12.0. The number of ketones is 1. The van der Waals surface area contributed by atoms with E-state index in [4.69, 9.17) is 19.8 Å². The number of nitrogens with one attached hydrogen (secondary N) is 1. The molecule has 9 nitrogen and oxygen atoms in total. The minimum atomic E-state index is -5.08. The molecule has 0 amide bonds. The number of alkyl halides is 6. The highest BCUT2D eigenvalue weighted by Crippen LogP contribution is 2.50. The van der Waals surface area contributed by atoms with Crippen molar-refractivity contribution in [2.24, 2.45) is 11.3 Å². The maximum absolute atomic E-state index is 11.8. The number of carbonyl (C=O) groups is 3. The fourth-order valence-electron chi connectivity index (χ4n) is 5.29. The molecule has 0 radical (unpaired) electrons. The maximum atomic E-state index is 11.8. The predicted molar refractivity (Wildman–Crippen MR) is 144 cm³/mol. The van der Waals surface area contributed by atoms with Crippen molar-refractivity contribution in [1.82, 2.24) is 10.2 Å². The summed E-state index contributed by atoms with van der Waals surface area (Å²) in [5.41, 5.74) is 3.19. The maximum Gasteiger partial charge on any atom is 0.490 e. The quantitative estimate of drug-likeness (QED) is 0.343. The van der Waals surface area contributed by atoms with E-state index in [1.165, 1.54) is 24.8 Å². The molecule has 0 bridgehead atoms. The molecule has 0 aromatic heterocycles. The van der Waals surface area contributed by atoms with Gasteiger partial charge in [0.1, 0.15) is 5.75 Å². The highest BCUT2D eigenvalue weighted by molar-refractivity contribution is 7.91. The van der Waals surface area contributed by atoms with Crippen molar-refractivity contribution in [1.29, 1.82) is 0 Å². The van der Waals surface area contributed by atoms with Crippen LogP contribution >= 0.6 is 0 Å². The number of nitrogens with zero attached hydrogens (tertiary/aromatic N) is 1. The lowest BCUT2D eigenvalue weighted by molar-refractivity contribution is -0.193. The molecule has 3 N–H and O–H groups in total. The zero-order valence-corrected chi connectivity index (χ0v) is 24.2. The smallest absolute Gasteiger partial charge is 0.475 e. The van der Waals surface area contributed by atoms with Gasteiger partial charge in [0.2, 0.25) is 0 Å². The highest BCUT2D eigenvalue weighted by atomic mass is 32.2. The summed E-state index contributed by atoms with van der Waals surface area (Å²) in [6.07, 6.45) is -2.00. The Morgan fingerprint density at radius 2 is 1.49 bits per heavy atom. The third-order valence-electron chi connectivity index (χ3n) is 7.06. The fraction of sp³-hybridized carbons (Fsp3) is 0.593. The molecule has 1 aromatic carbocycles. The molecule has 43 heavy (non-hydrogen) atoms. The van der Waals surface area contributed by atoms with Gasteiger partial charge in [-0.1, -0.05) is 48.9 Å². The summed E-state index contributed by atoms with van der Waals surface area (Å²) in [5, 5.41) is 18.1. The Morgan fingerprint density at radius 1 is 1.00 bits per heavy atom. The van der Waals surface area contributed by atoms with Crippen LogP contribution in [0, 0.1) is 11.3 Å². The zero-order chi connectivity index (χ0) is 32.8. The van der Waals surface area contributed by atoms with Crippen molar-refractivity contribution in [3.63, 3.8) is 0 Å². The van der Waals surface area contributed by atoms with E-state index in [1.54, 1.807) is 5.57 Å². The minimum absolute atomic E-state index is 0.186. The van der Waals surface area contributed by atoms with Crippen LogP contribution in [0.5, 0.6) is 0 Å². The number of Topliss-reactive ketones (excluding diaryl/α,β-unsaturated/α-hetero) is 1. The number of aliphatic carboxylic acids is 2. The molecule has 16 heteroatoms. The summed E-state index contributed by atoms with van der Waals surface area (Å²) in [4.78, 5) is 31.7. The van der Waals surface area contributed by atoms with Crippen LogP contribution in [0.4, 0.5) is 26.3 Å². The molecule has 1 saturated heterocycles. The van der Waals surface area contributed by atoms with E-state index in [-0.39, 0.29) is 18.1 Å². The number of hydrogen-bond donors (Lipinski definition) is 3. The molecule has 1 heterocycles. The van der Waals surface area contributed by atoms with Gasteiger partial charge < -0.3 is 15.5 Å². The summed E-state index contributed by atoms with van der Waals surface area (Å²) in [7, 11) is -3.21. The lowest BCUT2D eigenvalue weighted by atomic mass is 9.60. The molecule has 2 atom stereocenters. The second kappa shape index (κ2) is 14.2. The second-order valence-electron chi connectivity index (χ2n) is 11.1. The van der Waals surface area contributed by atoms with E-state index in [1.807, 2.05) is 0 Å². The van der Waals surface area contributed by atoms with Gasteiger partial charge in [-0.2, -0.15) is 26.3 Å². The van der Waals surface area contributed by atoms with Crippen LogP contribution in [0.2, 0.25) is 0 Å². The van der Waals surface area contributed by atoms with Crippen LogP contribution in [0.15, 0.2) is 35.9 Å². The van der Waals surface area contributed by atoms with Crippen LogP contribution in [-0.4, -0.2) is 97.3 Å². The first-order chi connectivity index (χ1) is 19.6. The summed E-state index contributed by atoms with van der Waals surface area (Å²) in [6, 6.07) is 11.8. The SMILES string of the molecule is CC/C(=C\c1ccccc1)[C@H]1C[C@@H]1NC1CC2(C1)CN(CC(=O)CS(C)(=O)=O)C2.O=C(O)C(F)(F)F.O=C(O)C(F)(F)F. The van der Waals surface area contributed by atoms with Crippen LogP contribution in [-0.2, 0) is 24.2 Å². The number of rotatable bonds is 9. The fourth-order valence-corrected chi connectivity index (χ4v) is 5.97. The number of hydrogen-bond acceptors (Lipinski definition) is 7. The van der Waals surface area contributed by atoms with Gasteiger partial charge in [0.25, 0.3) is 0 Å². The Balaban J connectivity index is 0.000000384. The summed E-state index contributed by atoms with van der Waals surface area (Å²) in [5.74, 6) is -5.36. The van der Waals surface area contributed by atoms with Crippen LogP contribution in [0.1, 0.15) is 38.2 Å². The average Bonchev–Trinajstić information content (AvgIpc) is 3.58. The van der Waals surface area contributed by atoms with Gasteiger partial charge in [0.15, 0.2) is 15.6 Å². The van der Waals surface area contributed by atoms with Gasteiger partial charge in [-0.05, 0) is 42.6 Å². The van der Waals surface area contributed by atoms with Crippen molar-refractivity contribution in [3.05, 3.63) is 41.5 Å². The molecule has 1 aliphatic heterocycles. The van der Waals surface area contributed by atoms with E-state index >= 15 is 0 Å². The Labute approximate surface area is 244 Å². The minimum Gasteiger partial charge on any atom is -0.475 e. The monoisotopic (exact) mass is 644 g/mol. The van der Waals surface area contributed by atoms with E-state index in [2.05, 4.69) is 53.5 Å².